The quantitative estimate of drug-likeness (QED) is 0.852. The van der Waals surface area contributed by atoms with E-state index in [0.29, 0.717) is 0 Å². The summed E-state index contributed by atoms with van der Waals surface area (Å²) >= 11 is 5.35. The lowest BCUT2D eigenvalue weighted by molar-refractivity contribution is 0.174. The zero-order valence-corrected chi connectivity index (χ0v) is 12.7. The summed E-state index contributed by atoms with van der Waals surface area (Å²) < 4.78 is 0. The fraction of sp³-hybridized carbons (Fsp3) is 0.533. The molecular formula is C15H23N3S. The Balaban J connectivity index is 1.82. The first-order valence-corrected chi connectivity index (χ1v) is 7.40. The number of hydrogen-bond donors (Lipinski definition) is 1. The zero-order chi connectivity index (χ0) is 13.7. The number of nitrogens with one attached hydrogen (secondary N) is 1. The molecular weight excluding hydrogens is 254 g/mol. The molecule has 1 aromatic rings. The van der Waals surface area contributed by atoms with Gasteiger partial charge in [-0.2, -0.15) is 0 Å². The van der Waals surface area contributed by atoms with Gasteiger partial charge >= 0.3 is 0 Å². The molecule has 1 saturated heterocycles. The number of thiocarbonyl (C=S) groups is 1. The van der Waals surface area contributed by atoms with E-state index in [1.165, 1.54) is 11.1 Å². The van der Waals surface area contributed by atoms with Crippen LogP contribution in [0.2, 0.25) is 0 Å². The lowest BCUT2D eigenvalue weighted by Crippen LogP contribution is -2.51. The molecule has 1 aliphatic rings. The minimum Gasteiger partial charge on any atom is -0.363 e. The minimum atomic E-state index is 0.901. The average molecular weight is 277 g/mol. The Morgan fingerprint density at radius 2 is 2.00 bits per heavy atom. The van der Waals surface area contributed by atoms with Crippen molar-refractivity contribution in [3.63, 3.8) is 0 Å². The third-order valence-electron chi connectivity index (χ3n) is 3.48. The molecule has 2 rings (SSSR count). The maximum atomic E-state index is 5.35. The number of nitrogens with zero attached hydrogens (tertiary/aromatic N) is 2. The van der Waals surface area contributed by atoms with Crippen molar-refractivity contribution >= 4 is 17.3 Å². The average Bonchev–Trinajstić information content (AvgIpc) is 2.40. The second-order valence-corrected chi connectivity index (χ2v) is 5.47. The molecule has 0 radical (unpaired) electrons. The second-order valence-electron chi connectivity index (χ2n) is 5.09. The fourth-order valence-corrected chi connectivity index (χ4v) is 2.77. The molecule has 0 unspecified atom stereocenters. The van der Waals surface area contributed by atoms with Gasteiger partial charge in [0.05, 0.1) is 0 Å². The van der Waals surface area contributed by atoms with Gasteiger partial charge in [0.15, 0.2) is 5.11 Å². The van der Waals surface area contributed by atoms with Crippen molar-refractivity contribution in [1.82, 2.24) is 15.1 Å². The van der Waals surface area contributed by atoms with E-state index in [0.717, 1.165) is 44.4 Å². The third-order valence-corrected chi connectivity index (χ3v) is 3.88. The third kappa shape index (κ3) is 4.18. The molecule has 1 N–H and O–H groups in total. The highest BCUT2D eigenvalue weighted by Gasteiger charge is 2.18. The van der Waals surface area contributed by atoms with E-state index in [2.05, 4.69) is 53.2 Å². The highest BCUT2D eigenvalue weighted by atomic mass is 32.1. The van der Waals surface area contributed by atoms with Crippen LogP contribution >= 0.6 is 12.2 Å². The van der Waals surface area contributed by atoms with Crippen LogP contribution in [0.4, 0.5) is 0 Å². The van der Waals surface area contributed by atoms with Crippen LogP contribution in [0.5, 0.6) is 0 Å². The normalized spacial score (nSPS) is 16.4. The van der Waals surface area contributed by atoms with Crippen LogP contribution in [-0.2, 0) is 6.54 Å². The van der Waals surface area contributed by atoms with Gasteiger partial charge in [-0.1, -0.05) is 29.8 Å². The van der Waals surface area contributed by atoms with E-state index < -0.39 is 0 Å². The first-order valence-electron chi connectivity index (χ1n) is 6.99. The van der Waals surface area contributed by atoms with Gasteiger partial charge in [0.25, 0.3) is 0 Å². The lowest BCUT2D eigenvalue weighted by atomic mass is 10.1. The van der Waals surface area contributed by atoms with E-state index >= 15 is 0 Å². The lowest BCUT2D eigenvalue weighted by Gasteiger charge is -2.36. The van der Waals surface area contributed by atoms with Gasteiger partial charge in [-0.15, -0.1) is 0 Å². The van der Waals surface area contributed by atoms with Gasteiger partial charge in [0, 0.05) is 39.3 Å². The van der Waals surface area contributed by atoms with Crippen molar-refractivity contribution in [2.45, 2.75) is 20.4 Å². The van der Waals surface area contributed by atoms with E-state index in [-0.39, 0.29) is 0 Å². The van der Waals surface area contributed by atoms with Crippen LogP contribution in [-0.4, -0.2) is 47.6 Å². The van der Waals surface area contributed by atoms with Crippen LogP contribution in [0.25, 0.3) is 0 Å². The van der Waals surface area contributed by atoms with E-state index in [1.54, 1.807) is 0 Å². The molecule has 0 spiro atoms. The SMILES string of the molecule is CCNC(=S)N1CCN(Cc2cccc(C)c2)CC1. The molecule has 0 aromatic heterocycles. The molecule has 1 heterocycles. The minimum absolute atomic E-state index is 0.901. The topological polar surface area (TPSA) is 18.5 Å². The summed E-state index contributed by atoms with van der Waals surface area (Å²) in [6.07, 6.45) is 0. The largest absolute Gasteiger partial charge is 0.363 e. The van der Waals surface area contributed by atoms with Gasteiger partial charge in [-0.25, -0.2) is 0 Å². The van der Waals surface area contributed by atoms with E-state index in [4.69, 9.17) is 12.2 Å². The first kappa shape index (κ1) is 14.3. The summed E-state index contributed by atoms with van der Waals surface area (Å²) in [5, 5.41) is 4.13. The first-order chi connectivity index (χ1) is 9.19. The van der Waals surface area contributed by atoms with Gasteiger partial charge in [0.2, 0.25) is 0 Å². The van der Waals surface area contributed by atoms with Crippen molar-refractivity contribution in [3.8, 4) is 0 Å². The van der Waals surface area contributed by atoms with Gasteiger partial charge in [-0.3, -0.25) is 4.90 Å². The predicted molar refractivity (Wildman–Crippen MR) is 84.3 cm³/mol. The molecule has 1 aromatic carbocycles. The van der Waals surface area contributed by atoms with Crippen molar-refractivity contribution in [1.29, 1.82) is 0 Å². The highest BCUT2D eigenvalue weighted by Crippen LogP contribution is 2.10. The Morgan fingerprint density at radius 1 is 1.26 bits per heavy atom. The van der Waals surface area contributed by atoms with E-state index in [9.17, 15) is 0 Å². The number of hydrogen-bond acceptors (Lipinski definition) is 2. The highest BCUT2D eigenvalue weighted by molar-refractivity contribution is 7.80. The summed E-state index contributed by atoms with van der Waals surface area (Å²) in [6, 6.07) is 8.77. The molecule has 0 aliphatic carbocycles. The van der Waals surface area contributed by atoms with Crippen molar-refractivity contribution < 1.29 is 0 Å². The molecule has 0 bridgehead atoms. The zero-order valence-electron chi connectivity index (χ0n) is 11.9. The monoisotopic (exact) mass is 277 g/mol. The van der Waals surface area contributed by atoms with Crippen LogP contribution in [0, 0.1) is 6.92 Å². The molecule has 0 atom stereocenters. The van der Waals surface area contributed by atoms with Crippen molar-refractivity contribution in [3.05, 3.63) is 35.4 Å². The maximum Gasteiger partial charge on any atom is 0.169 e. The van der Waals surface area contributed by atoms with Crippen LogP contribution in [0.1, 0.15) is 18.1 Å². The number of aryl methyl sites for hydroxylation is 1. The summed E-state index contributed by atoms with van der Waals surface area (Å²) in [5.74, 6) is 0. The Labute approximate surface area is 121 Å². The molecule has 19 heavy (non-hydrogen) atoms. The standard InChI is InChI=1S/C15H23N3S/c1-3-16-15(19)18-9-7-17(8-10-18)12-14-6-4-5-13(2)11-14/h4-6,11H,3,7-10,12H2,1-2H3,(H,16,19). The Bertz CT molecular complexity index is 425. The number of piperazine rings is 1. The number of benzene rings is 1. The summed E-state index contributed by atoms with van der Waals surface area (Å²) in [4.78, 5) is 4.77. The van der Waals surface area contributed by atoms with E-state index in [1.807, 2.05) is 0 Å². The second kappa shape index (κ2) is 6.87. The van der Waals surface area contributed by atoms with Gasteiger partial charge < -0.3 is 10.2 Å². The molecule has 1 aliphatic heterocycles. The van der Waals surface area contributed by atoms with Crippen LogP contribution in [0.3, 0.4) is 0 Å². The fourth-order valence-electron chi connectivity index (χ4n) is 2.44. The van der Waals surface area contributed by atoms with Crippen LogP contribution in [0.15, 0.2) is 24.3 Å². The summed E-state index contributed by atoms with van der Waals surface area (Å²) in [6.45, 7) is 10.4. The maximum absolute atomic E-state index is 5.35. The van der Waals surface area contributed by atoms with Gasteiger partial charge in [0.1, 0.15) is 0 Å². The molecule has 4 heteroatoms. The molecule has 0 amide bonds. The summed E-state index contributed by atoms with van der Waals surface area (Å²) in [7, 11) is 0. The smallest absolute Gasteiger partial charge is 0.169 e. The summed E-state index contributed by atoms with van der Waals surface area (Å²) in [5.41, 5.74) is 2.74. The van der Waals surface area contributed by atoms with Crippen molar-refractivity contribution in [2.24, 2.45) is 0 Å². The van der Waals surface area contributed by atoms with Gasteiger partial charge in [-0.05, 0) is 31.6 Å². The van der Waals surface area contributed by atoms with Crippen LogP contribution < -0.4 is 5.32 Å². The Kier molecular flexibility index (Phi) is 5.16. The number of rotatable bonds is 3. The molecule has 0 saturated carbocycles. The van der Waals surface area contributed by atoms with Crippen molar-refractivity contribution in [2.75, 3.05) is 32.7 Å². The Morgan fingerprint density at radius 3 is 2.63 bits per heavy atom. The predicted octanol–water partition coefficient (Wildman–Crippen LogP) is 2.01. The molecule has 1 fully saturated rings. The molecule has 3 nitrogen and oxygen atoms in total. The Hall–Kier alpha value is -1.13. The molecule has 104 valence electrons.